The van der Waals surface area contributed by atoms with E-state index < -0.39 is 13.7 Å². The third kappa shape index (κ3) is 4.87. The third-order valence-electron chi connectivity index (χ3n) is 7.68. The molecule has 0 saturated heterocycles. The molecule has 5 nitrogen and oxygen atoms in total. The Morgan fingerprint density at radius 1 is 0.912 bits per heavy atom. The van der Waals surface area contributed by atoms with Gasteiger partial charge in [-0.25, -0.2) is 0 Å². The van der Waals surface area contributed by atoms with Gasteiger partial charge < -0.3 is 18.6 Å². The fourth-order valence-electron chi connectivity index (χ4n) is 5.63. The molecule has 0 unspecified atom stereocenters. The summed E-state index contributed by atoms with van der Waals surface area (Å²) in [5.74, 6) is 0.0712. The van der Waals surface area contributed by atoms with E-state index in [1.54, 1.807) is 14.2 Å². The molecular formula is C28H40O5Si. The van der Waals surface area contributed by atoms with E-state index >= 15 is 0 Å². The molecule has 186 valence electrons. The molecule has 0 heterocycles. The van der Waals surface area contributed by atoms with Crippen LogP contribution in [0.4, 0.5) is 0 Å². The Morgan fingerprint density at radius 3 is 1.82 bits per heavy atom. The molecule has 0 amide bonds. The summed E-state index contributed by atoms with van der Waals surface area (Å²) in [6.07, 6.45) is 1.26. The predicted octanol–water partition coefficient (Wildman–Crippen LogP) is 4.39. The van der Waals surface area contributed by atoms with Crippen molar-refractivity contribution in [3.8, 4) is 0 Å². The van der Waals surface area contributed by atoms with Crippen LogP contribution in [0, 0.1) is 17.3 Å². The van der Waals surface area contributed by atoms with E-state index in [0.717, 1.165) is 12.8 Å². The monoisotopic (exact) mass is 484 g/mol. The molecule has 3 rings (SSSR count). The molecule has 34 heavy (non-hydrogen) atoms. The van der Waals surface area contributed by atoms with Gasteiger partial charge in [0.2, 0.25) is 0 Å². The van der Waals surface area contributed by atoms with Crippen molar-refractivity contribution in [2.75, 3.05) is 27.9 Å². The van der Waals surface area contributed by atoms with Gasteiger partial charge in [-0.2, -0.15) is 0 Å². The number of esters is 1. The molecule has 1 fully saturated rings. The normalized spacial score (nSPS) is 22.6. The highest BCUT2D eigenvalue weighted by atomic mass is 28.4. The van der Waals surface area contributed by atoms with Gasteiger partial charge in [0.1, 0.15) is 0 Å². The van der Waals surface area contributed by atoms with Crippen LogP contribution in [0.3, 0.4) is 0 Å². The van der Waals surface area contributed by atoms with Crippen LogP contribution in [0.5, 0.6) is 0 Å². The van der Waals surface area contributed by atoms with E-state index in [4.69, 9.17) is 18.6 Å². The summed E-state index contributed by atoms with van der Waals surface area (Å²) in [6, 6.07) is 21.2. The maximum atomic E-state index is 12.8. The van der Waals surface area contributed by atoms with Gasteiger partial charge in [0.15, 0.2) is 6.29 Å². The fraction of sp³-hybridized carbons (Fsp3) is 0.536. The Bertz CT molecular complexity index is 883. The van der Waals surface area contributed by atoms with E-state index in [0.29, 0.717) is 6.61 Å². The summed E-state index contributed by atoms with van der Waals surface area (Å²) in [7, 11) is 2.09. The number of benzene rings is 2. The first kappa shape index (κ1) is 26.6. The van der Waals surface area contributed by atoms with Crippen molar-refractivity contribution in [3.63, 3.8) is 0 Å². The van der Waals surface area contributed by atoms with Crippen molar-refractivity contribution < 1.29 is 23.4 Å². The first-order chi connectivity index (χ1) is 16.2. The van der Waals surface area contributed by atoms with Crippen LogP contribution < -0.4 is 10.4 Å². The Balaban J connectivity index is 1.95. The molecule has 0 bridgehead atoms. The number of carbonyl (C=O) groups excluding carboxylic acids is 1. The lowest BCUT2D eigenvalue weighted by Gasteiger charge is -2.43. The number of hydrogen-bond donors (Lipinski definition) is 0. The van der Waals surface area contributed by atoms with Gasteiger partial charge in [-0.3, -0.25) is 4.79 Å². The molecule has 6 heteroatoms. The van der Waals surface area contributed by atoms with Crippen LogP contribution in [0.15, 0.2) is 60.7 Å². The molecule has 0 aliphatic heterocycles. The molecule has 0 radical (unpaired) electrons. The highest BCUT2D eigenvalue weighted by Gasteiger charge is 2.67. The lowest BCUT2D eigenvalue weighted by atomic mass is 10.0. The molecule has 2 aromatic rings. The number of ether oxygens (including phenoxy) is 3. The van der Waals surface area contributed by atoms with E-state index in [-0.39, 0.29) is 29.1 Å². The first-order valence-corrected chi connectivity index (χ1v) is 14.0. The fourth-order valence-corrected chi connectivity index (χ4v) is 10.2. The Labute approximate surface area is 205 Å². The average Bonchev–Trinajstić information content (AvgIpc) is 3.43. The standard InChI is InChI=1S/C28H40O5Si/c1-27(2,3)34(21-14-10-8-11-15-21,22-16-12-9-13-17-22)33-20-24-23(18-19-25(30-5)31-6)28(24,4)26(29)32-7/h8-17,23-25H,18-20H2,1-7H3/t23-,24-,28-/m0/s1. The second kappa shape index (κ2) is 10.7. The predicted molar refractivity (Wildman–Crippen MR) is 138 cm³/mol. The lowest BCUT2D eigenvalue weighted by Crippen LogP contribution is -2.66. The number of rotatable bonds is 11. The molecule has 1 aliphatic carbocycles. The zero-order valence-electron chi connectivity index (χ0n) is 21.7. The van der Waals surface area contributed by atoms with Gasteiger partial charge >= 0.3 is 5.97 Å². The minimum atomic E-state index is -2.67. The van der Waals surface area contributed by atoms with E-state index in [2.05, 4.69) is 69.3 Å². The smallest absolute Gasteiger partial charge is 0.312 e. The second-order valence-electron chi connectivity index (χ2n) is 10.4. The highest BCUT2D eigenvalue weighted by Crippen LogP contribution is 2.62. The topological polar surface area (TPSA) is 54.0 Å². The lowest BCUT2D eigenvalue weighted by molar-refractivity contribution is -0.148. The first-order valence-electron chi connectivity index (χ1n) is 12.1. The van der Waals surface area contributed by atoms with Gasteiger partial charge in [0.05, 0.1) is 12.5 Å². The zero-order chi connectivity index (χ0) is 25.0. The van der Waals surface area contributed by atoms with Crippen molar-refractivity contribution in [1.29, 1.82) is 0 Å². The number of carbonyl (C=O) groups is 1. The van der Waals surface area contributed by atoms with Crippen molar-refractivity contribution in [3.05, 3.63) is 60.7 Å². The van der Waals surface area contributed by atoms with Crippen LogP contribution in [0.25, 0.3) is 0 Å². The number of hydrogen-bond acceptors (Lipinski definition) is 5. The van der Waals surface area contributed by atoms with Gasteiger partial charge in [-0.05, 0) is 41.1 Å². The van der Waals surface area contributed by atoms with E-state index in [9.17, 15) is 4.79 Å². The molecular weight excluding hydrogens is 444 g/mol. The second-order valence-corrected chi connectivity index (χ2v) is 14.7. The minimum absolute atomic E-state index is 0.0796. The maximum absolute atomic E-state index is 12.8. The minimum Gasteiger partial charge on any atom is -0.469 e. The van der Waals surface area contributed by atoms with Crippen LogP contribution in [0.2, 0.25) is 5.04 Å². The van der Waals surface area contributed by atoms with Gasteiger partial charge in [-0.15, -0.1) is 0 Å². The molecule has 0 N–H and O–H groups in total. The van der Waals surface area contributed by atoms with Crippen LogP contribution in [-0.4, -0.2) is 48.5 Å². The maximum Gasteiger partial charge on any atom is 0.312 e. The Kier molecular flexibility index (Phi) is 8.40. The van der Waals surface area contributed by atoms with Crippen molar-refractivity contribution in [2.24, 2.45) is 17.3 Å². The SMILES string of the molecule is COC(=O)[C@@]1(C)[C@@H](CCC(OC)OC)[C@@H]1CO[Si](c1ccccc1)(c1ccccc1)C(C)(C)C. The quantitative estimate of drug-likeness (QED) is 0.269. The van der Waals surface area contributed by atoms with Crippen LogP contribution in [-0.2, 0) is 23.4 Å². The summed E-state index contributed by atoms with van der Waals surface area (Å²) in [4.78, 5) is 12.8. The van der Waals surface area contributed by atoms with Crippen molar-refractivity contribution in [2.45, 2.75) is 51.9 Å². The zero-order valence-corrected chi connectivity index (χ0v) is 22.7. The van der Waals surface area contributed by atoms with Gasteiger partial charge in [-0.1, -0.05) is 81.4 Å². The molecule has 2 aromatic carbocycles. The highest BCUT2D eigenvalue weighted by molar-refractivity contribution is 6.99. The molecule has 0 aromatic heterocycles. The van der Waals surface area contributed by atoms with Crippen LogP contribution in [0.1, 0.15) is 40.5 Å². The van der Waals surface area contributed by atoms with Gasteiger partial charge in [0, 0.05) is 26.7 Å². The molecule has 1 aliphatic rings. The number of methoxy groups -OCH3 is 3. The van der Waals surface area contributed by atoms with Crippen molar-refractivity contribution >= 4 is 24.7 Å². The largest absolute Gasteiger partial charge is 0.469 e. The Hall–Kier alpha value is -1.99. The Morgan fingerprint density at radius 2 is 1.41 bits per heavy atom. The summed E-state index contributed by atoms with van der Waals surface area (Å²) < 4.78 is 23.1. The van der Waals surface area contributed by atoms with Crippen LogP contribution >= 0.6 is 0 Å². The summed E-state index contributed by atoms with van der Waals surface area (Å²) in [5.41, 5.74) is -0.563. The molecule has 3 atom stereocenters. The van der Waals surface area contributed by atoms with Crippen molar-refractivity contribution in [1.82, 2.24) is 0 Å². The van der Waals surface area contributed by atoms with E-state index in [1.165, 1.54) is 17.5 Å². The summed E-state index contributed by atoms with van der Waals surface area (Å²) >= 11 is 0. The summed E-state index contributed by atoms with van der Waals surface area (Å²) in [5, 5.41) is 2.37. The summed E-state index contributed by atoms with van der Waals surface area (Å²) in [6.45, 7) is 9.33. The molecule has 0 spiro atoms. The third-order valence-corrected chi connectivity index (χ3v) is 12.7. The average molecular weight is 485 g/mol. The van der Waals surface area contributed by atoms with E-state index in [1.807, 2.05) is 19.1 Å². The van der Waals surface area contributed by atoms with Gasteiger partial charge in [0.25, 0.3) is 8.32 Å². The molecule has 1 saturated carbocycles.